The summed E-state index contributed by atoms with van der Waals surface area (Å²) in [6, 6.07) is 0. The second-order valence-corrected chi connectivity index (χ2v) is 10.8. The van der Waals surface area contributed by atoms with E-state index in [-0.39, 0.29) is 28.3 Å². The molecule has 0 amide bonds. The summed E-state index contributed by atoms with van der Waals surface area (Å²) >= 11 is 0. The van der Waals surface area contributed by atoms with Gasteiger partial charge in [-0.15, -0.1) is 0 Å². The van der Waals surface area contributed by atoms with Gasteiger partial charge in [0.2, 0.25) is 0 Å². The molecule has 0 saturated carbocycles. The third-order valence-corrected chi connectivity index (χ3v) is 5.14. The Morgan fingerprint density at radius 3 is 1.70 bits per heavy atom. The summed E-state index contributed by atoms with van der Waals surface area (Å²) < 4.78 is 0. The molecule has 0 N–H and O–H groups in total. The summed E-state index contributed by atoms with van der Waals surface area (Å²) in [5.74, 6) is 0.0702. The third-order valence-electron chi connectivity index (χ3n) is 3.16. The molecule has 110 valence electrons. The standard InChI is InChI=1S/C11H16O2Si.C5H5.Co/c1-7-8(2)11(13)10(6-9(7)12)14(3,4)5;1-2-4-5-3-1;/h6H,1-5H3;1-5H;. The molecule has 0 atom stereocenters. The summed E-state index contributed by atoms with van der Waals surface area (Å²) in [6.45, 7) is 9.70. The van der Waals surface area contributed by atoms with E-state index in [4.69, 9.17) is 0 Å². The van der Waals surface area contributed by atoms with E-state index in [2.05, 4.69) is 19.6 Å². The molecule has 2 rings (SSSR count). The molecule has 0 aliphatic heterocycles. The smallest absolute Gasteiger partial charge is 0.181 e. The van der Waals surface area contributed by atoms with Crippen LogP contribution in [0.2, 0.25) is 19.6 Å². The molecule has 2 aliphatic carbocycles. The molecule has 2 nitrogen and oxygen atoms in total. The van der Waals surface area contributed by atoms with Crippen molar-refractivity contribution >= 4 is 19.6 Å². The Hall–Kier alpha value is -0.977. The monoisotopic (exact) mass is 332 g/mol. The molecule has 4 heteroatoms. The molecule has 0 aromatic heterocycles. The van der Waals surface area contributed by atoms with Crippen LogP contribution in [0.3, 0.4) is 0 Å². The molecule has 2 radical (unpaired) electrons. The molecule has 0 fully saturated rings. The molecule has 0 heterocycles. The van der Waals surface area contributed by atoms with Crippen molar-refractivity contribution < 1.29 is 26.4 Å². The first-order chi connectivity index (χ1) is 8.75. The van der Waals surface area contributed by atoms with E-state index in [1.807, 2.05) is 30.7 Å². The minimum absolute atomic E-state index is 0. The molecule has 2 aliphatic rings. The predicted octanol–water partition coefficient (Wildman–Crippen LogP) is 3.59. The second kappa shape index (κ2) is 7.71. The van der Waals surface area contributed by atoms with E-state index in [1.165, 1.54) is 6.08 Å². The first-order valence-electron chi connectivity index (χ1n) is 6.40. The van der Waals surface area contributed by atoms with Gasteiger partial charge in [0.05, 0.1) is 8.07 Å². The molecule has 0 aromatic carbocycles. The van der Waals surface area contributed by atoms with Crippen LogP contribution in [-0.4, -0.2) is 19.6 Å². The second-order valence-electron chi connectivity index (χ2n) is 5.71. The number of hydrogen-bond acceptors (Lipinski definition) is 2. The van der Waals surface area contributed by atoms with Crippen molar-refractivity contribution in [2.24, 2.45) is 0 Å². The van der Waals surface area contributed by atoms with Gasteiger partial charge >= 0.3 is 0 Å². The minimum Gasteiger partial charge on any atom is -0.290 e. The van der Waals surface area contributed by atoms with Crippen LogP contribution >= 0.6 is 0 Å². The first kappa shape index (κ1) is 19.0. The Bertz CT molecular complexity index is 507. The van der Waals surface area contributed by atoms with E-state index in [9.17, 15) is 9.59 Å². The Morgan fingerprint density at radius 2 is 1.35 bits per heavy atom. The van der Waals surface area contributed by atoms with Crippen LogP contribution in [0.1, 0.15) is 13.8 Å². The summed E-state index contributed by atoms with van der Waals surface area (Å²) in [7, 11) is -1.68. The van der Waals surface area contributed by atoms with Gasteiger partial charge in [-0.3, -0.25) is 9.59 Å². The number of ketones is 2. The fourth-order valence-electron chi connectivity index (χ4n) is 1.74. The molecular formula is C16H21CoO2Si. The van der Waals surface area contributed by atoms with E-state index >= 15 is 0 Å². The van der Waals surface area contributed by atoms with Crippen molar-refractivity contribution in [1.29, 1.82) is 0 Å². The summed E-state index contributed by atoms with van der Waals surface area (Å²) in [4.78, 5) is 23.4. The van der Waals surface area contributed by atoms with Gasteiger partial charge in [-0.25, -0.2) is 0 Å². The van der Waals surface area contributed by atoms with Crippen LogP contribution in [0.5, 0.6) is 0 Å². The van der Waals surface area contributed by atoms with Crippen molar-refractivity contribution in [2.45, 2.75) is 33.5 Å². The molecule has 0 spiro atoms. The predicted molar refractivity (Wildman–Crippen MR) is 82.4 cm³/mol. The SMILES string of the molecule is CC1=C(C)C(=O)C([Si](C)(C)C)=CC1=O.[CH]1C=CC=C1.[Co]. The number of carbonyl (C=O) groups excluding carboxylic acids is 2. The number of rotatable bonds is 1. The van der Waals surface area contributed by atoms with E-state index < -0.39 is 8.07 Å². The number of carbonyl (C=O) groups is 2. The zero-order valence-electron chi connectivity index (χ0n) is 12.6. The van der Waals surface area contributed by atoms with E-state index in [0.717, 1.165) is 5.20 Å². The zero-order valence-corrected chi connectivity index (χ0v) is 14.7. The van der Waals surface area contributed by atoms with Crippen LogP contribution in [0.4, 0.5) is 0 Å². The number of allylic oxidation sites excluding steroid dienone is 8. The average Bonchev–Trinajstić information content (AvgIpc) is 2.88. The third kappa shape index (κ3) is 4.85. The summed E-state index contributed by atoms with van der Waals surface area (Å²) in [6.07, 6.45) is 11.5. The molecule has 0 aromatic rings. The van der Waals surface area contributed by atoms with Crippen LogP contribution in [0, 0.1) is 6.42 Å². The van der Waals surface area contributed by atoms with Gasteiger partial charge in [-0.1, -0.05) is 43.9 Å². The van der Waals surface area contributed by atoms with Crippen molar-refractivity contribution in [3.63, 3.8) is 0 Å². The van der Waals surface area contributed by atoms with Crippen molar-refractivity contribution in [3.05, 3.63) is 53.1 Å². The van der Waals surface area contributed by atoms with Crippen molar-refractivity contribution in [2.75, 3.05) is 0 Å². The fourth-order valence-corrected chi connectivity index (χ4v) is 3.17. The first-order valence-corrected chi connectivity index (χ1v) is 9.90. The number of hydrogen-bond donors (Lipinski definition) is 0. The maximum Gasteiger partial charge on any atom is 0.181 e. The fraction of sp³-hybridized carbons (Fsp3) is 0.312. The molecular weight excluding hydrogens is 311 g/mol. The van der Waals surface area contributed by atoms with Gasteiger partial charge in [-0.05, 0) is 25.1 Å². The number of Topliss-reactive ketones (excluding diaryl/α,β-unsaturated/α-hetero) is 1. The topological polar surface area (TPSA) is 34.1 Å². The Labute approximate surface area is 132 Å². The van der Waals surface area contributed by atoms with Gasteiger partial charge in [0.25, 0.3) is 0 Å². The van der Waals surface area contributed by atoms with Gasteiger partial charge in [0.15, 0.2) is 11.6 Å². The van der Waals surface area contributed by atoms with Gasteiger partial charge in [0.1, 0.15) is 0 Å². The Kier molecular flexibility index (Phi) is 7.34. The van der Waals surface area contributed by atoms with Gasteiger partial charge < -0.3 is 0 Å². The largest absolute Gasteiger partial charge is 0.290 e. The normalized spacial score (nSPS) is 17.6. The molecule has 0 saturated heterocycles. The van der Waals surface area contributed by atoms with Crippen LogP contribution in [0.15, 0.2) is 46.7 Å². The average molecular weight is 332 g/mol. The van der Waals surface area contributed by atoms with Crippen LogP contribution in [0.25, 0.3) is 0 Å². The van der Waals surface area contributed by atoms with E-state index in [1.54, 1.807) is 13.8 Å². The van der Waals surface area contributed by atoms with Crippen molar-refractivity contribution in [1.82, 2.24) is 0 Å². The van der Waals surface area contributed by atoms with Crippen LogP contribution in [-0.2, 0) is 26.4 Å². The van der Waals surface area contributed by atoms with Gasteiger partial charge in [-0.2, -0.15) is 0 Å². The Morgan fingerprint density at radius 1 is 0.850 bits per heavy atom. The molecule has 0 unspecified atom stereocenters. The zero-order chi connectivity index (χ0) is 14.6. The quantitative estimate of drug-likeness (QED) is 0.543. The van der Waals surface area contributed by atoms with Gasteiger partial charge in [0, 0.05) is 34.3 Å². The summed E-state index contributed by atoms with van der Waals surface area (Å²) in [5, 5.41) is 0.755. The van der Waals surface area contributed by atoms with E-state index in [0.29, 0.717) is 11.1 Å². The minimum atomic E-state index is -1.68. The molecule has 0 bridgehead atoms. The van der Waals surface area contributed by atoms with Crippen LogP contribution < -0.4 is 0 Å². The maximum absolute atomic E-state index is 11.9. The molecule has 20 heavy (non-hydrogen) atoms. The maximum atomic E-state index is 11.9. The Balaban J connectivity index is 0.000000507. The summed E-state index contributed by atoms with van der Waals surface area (Å²) in [5.41, 5.74) is 1.21. The van der Waals surface area contributed by atoms with Crippen molar-refractivity contribution in [3.8, 4) is 0 Å².